The second kappa shape index (κ2) is 5.41. The van der Waals surface area contributed by atoms with Crippen molar-refractivity contribution in [3.05, 3.63) is 30.1 Å². The number of hydrogen-bond acceptors (Lipinski definition) is 3. The van der Waals surface area contributed by atoms with E-state index in [2.05, 4.69) is 23.0 Å². The minimum absolute atomic E-state index is 0.0308. The molecule has 0 bridgehead atoms. The van der Waals surface area contributed by atoms with E-state index in [0.717, 1.165) is 32.4 Å². The van der Waals surface area contributed by atoms with E-state index in [9.17, 15) is 5.11 Å². The largest absolute Gasteiger partial charge is 0.393 e. The highest BCUT2D eigenvalue weighted by atomic mass is 16.3. The molecule has 3 nitrogen and oxygen atoms in total. The fourth-order valence-corrected chi connectivity index (χ4v) is 2.25. The molecular formula is C13H20N2O. The van der Waals surface area contributed by atoms with Crippen molar-refractivity contribution in [2.24, 2.45) is 5.92 Å². The predicted molar refractivity (Wildman–Crippen MR) is 64.2 cm³/mol. The van der Waals surface area contributed by atoms with E-state index < -0.39 is 0 Å². The van der Waals surface area contributed by atoms with Gasteiger partial charge in [-0.05, 0) is 43.9 Å². The van der Waals surface area contributed by atoms with Crippen LogP contribution in [0.15, 0.2) is 24.5 Å². The van der Waals surface area contributed by atoms with Crippen molar-refractivity contribution in [2.45, 2.75) is 25.4 Å². The maximum absolute atomic E-state index is 9.21. The van der Waals surface area contributed by atoms with Crippen molar-refractivity contribution in [1.29, 1.82) is 0 Å². The molecule has 1 aromatic heterocycles. The van der Waals surface area contributed by atoms with E-state index in [0.29, 0.717) is 5.92 Å². The van der Waals surface area contributed by atoms with Gasteiger partial charge in [0, 0.05) is 25.5 Å². The van der Waals surface area contributed by atoms with E-state index in [1.54, 1.807) is 0 Å². The van der Waals surface area contributed by atoms with Gasteiger partial charge in [-0.15, -0.1) is 0 Å². The minimum Gasteiger partial charge on any atom is -0.393 e. The Balaban J connectivity index is 1.66. The Hall–Kier alpha value is -0.930. The van der Waals surface area contributed by atoms with Gasteiger partial charge in [-0.2, -0.15) is 0 Å². The monoisotopic (exact) mass is 220 g/mol. The normalized spacial score (nSPS) is 24.4. The van der Waals surface area contributed by atoms with Crippen molar-refractivity contribution in [1.82, 2.24) is 9.88 Å². The molecule has 0 amide bonds. The fourth-order valence-electron chi connectivity index (χ4n) is 2.25. The first-order valence-corrected chi connectivity index (χ1v) is 5.99. The zero-order valence-corrected chi connectivity index (χ0v) is 9.84. The summed E-state index contributed by atoms with van der Waals surface area (Å²) >= 11 is 0. The Bertz CT molecular complexity index is 309. The first-order valence-electron chi connectivity index (χ1n) is 5.99. The zero-order valence-electron chi connectivity index (χ0n) is 9.84. The highest BCUT2D eigenvalue weighted by Gasteiger charge is 2.27. The van der Waals surface area contributed by atoms with Crippen molar-refractivity contribution in [3.8, 4) is 0 Å². The third-order valence-corrected chi connectivity index (χ3v) is 3.29. The zero-order chi connectivity index (χ0) is 11.4. The molecular weight excluding hydrogens is 200 g/mol. The van der Waals surface area contributed by atoms with E-state index in [4.69, 9.17) is 0 Å². The van der Waals surface area contributed by atoms with Crippen molar-refractivity contribution in [2.75, 3.05) is 20.1 Å². The van der Waals surface area contributed by atoms with Gasteiger partial charge in [-0.1, -0.05) is 6.07 Å². The van der Waals surface area contributed by atoms with Gasteiger partial charge in [-0.3, -0.25) is 4.98 Å². The molecule has 1 heterocycles. The second-order valence-electron chi connectivity index (χ2n) is 4.86. The van der Waals surface area contributed by atoms with Crippen LogP contribution in [-0.4, -0.2) is 41.2 Å². The molecule has 1 aliphatic rings. The average molecular weight is 220 g/mol. The predicted octanol–water partition coefficient (Wildman–Crippen LogP) is 1.33. The van der Waals surface area contributed by atoms with Crippen molar-refractivity contribution < 1.29 is 5.11 Å². The summed E-state index contributed by atoms with van der Waals surface area (Å²) in [5.41, 5.74) is 1.29. The lowest BCUT2D eigenvalue weighted by atomic mass is 9.82. The van der Waals surface area contributed by atoms with Crippen LogP contribution in [0.5, 0.6) is 0 Å². The van der Waals surface area contributed by atoms with Gasteiger partial charge in [0.05, 0.1) is 6.10 Å². The second-order valence-corrected chi connectivity index (χ2v) is 4.86. The number of pyridine rings is 1. The van der Waals surface area contributed by atoms with E-state index in [1.807, 2.05) is 18.5 Å². The van der Waals surface area contributed by atoms with Crippen LogP contribution in [0.1, 0.15) is 18.4 Å². The highest BCUT2D eigenvalue weighted by molar-refractivity contribution is 5.08. The number of hydrogen-bond donors (Lipinski definition) is 1. The summed E-state index contributed by atoms with van der Waals surface area (Å²) in [7, 11) is 2.15. The molecule has 1 aliphatic carbocycles. The van der Waals surface area contributed by atoms with E-state index in [-0.39, 0.29) is 6.10 Å². The summed E-state index contributed by atoms with van der Waals surface area (Å²) in [6.07, 6.45) is 6.73. The molecule has 88 valence electrons. The number of aliphatic hydroxyl groups excluding tert-OH is 1. The average Bonchev–Trinajstić information content (AvgIpc) is 2.26. The Kier molecular flexibility index (Phi) is 3.91. The van der Waals surface area contributed by atoms with Gasteiger partial charge >= 0.3 is 0 Å². The van der Waals surface area contributed by atoms with Crippen LogP contribution in [0.25, 0.3) is 0 Å². The summed E-state index contributed by atoms with van der Waals surface area (Å²) < 4.78 is 0. The molecule has 3 heteroatoms. The van der Waals surface area contributed by atoms with Crippen LogP contribution in [0.4, 0.5) is 0 Å². The summed E-state index contributed by atoms with van der Waals surface area (Å²) in [5, 5.41) is 9.21. The SMILES string of the molecule is CN(CCc1cccnc1)CC1CC(O)C1. The van der Waals surface area contributed by atoms with Crippen LogP contribution in [0, 0.1) is 5.92 Å². The summed E-state index contributed by atoms with van der Waals surface area (Å²) in [6, 6.07) is 4.10. The molecule has 0 aliphatic heterocycles. The lowest BCUT2D eigenvalue weighted by Gasteiger charge is -2.34. The third kappa shape index (κ3) is 3.29. The van der Waals surface area contributed by atoms with Crippen molar-refractivity contribution in [3.63, 3.8) is 0 Å². The first-order chi connectivity index (χ1) is 7.74. The maximum Gasteiger partial charge on any atom is 0.0546 e. The number of aliphatic hydroxyl groups is 1. The highest BCUT2D eigenvalue weighted by Crippen LogP contribution is 2.27. The molecule has 0 atom stereocenters. The topological polar surface area (TPSA) is 36.4 Å². The molecule has 1 saturated carbocycles. The smallest absolute Gasteiger partial charge is 0.0546 e. The van der Waals surface area contributed by atoms with Gasteiger partial charge in [-0.25, -0.2) is 0 Å². The lowest BCUT2D eigenvalue weighted by Crippen LogP contribution is -2.37. The van der Waals surface area contributed by atoms with E-state index in [1.165, 1.54) is 5.56 Å². The first kappa shape index (κ1) is 11.6. The standard InChI is InChI=1S/C13H20N2O/c1-15(10-12-7-13(16)8-12)6-4-11-3-2-5-14-9-11/h2-3,5,9,12-13,16H,4,6-8,10H2,1H3. The molecule has 1 fully saturated rings. The van der Waals surface area contributed by atoms with Crippen LogP contribution in [0.3, 0.4) is 0 Å². The fraction of sp³-hybridized carbons (Fsp3) is 0.615. The molecule has 0 spiro atoms. The molecule has 16 heavy (non-hydrogen) atoms. The van der Waals surface area contributed by atoms with Gasteiger partial charge in [0.2, 0.25) is 0 Å². The van der Waals surface area contributed by atoms with Crippen LogP contribution in [-0.2, 0) is 6.42 Å². The van der Waals surface area contributed by atoms with Gasteiger partial charge in [0.25, 0.3) is 0 Å². The van der Waals surface area contributed by atoms with Crippen LogP contribution < -0.4 is 0 Å². The Labute approximate surface area is 97.1 Å². The minimum atomic E-state index is -0.0308. The lowest BCUT2D eigenvalue weighted by molar-refractivity contribution is 0.0285. The molecule has 2 rings (SSSR count). The van der Waals surface area contributed by atoms with Gasteiger partial charge in [0.15, 0.2) is 0 Å². The van der Waals surface area contributed by atoms with Gasteiger partial charge in [0.1, 0.15) is 0 Å². The Morgan fingerprint density at radius 3 is 2.94 bits per heavy atom. The number of rotatable bonds is 5. The summed E-state index contributed by atoms with van der Waals surface area (Å²) in [5.74, 6) is 0.703. The Morgan fingerprint density at radius 2 is 2.31 bits per heavy atom. The van der Waals surface area contributed by atoms with Crippen LogP contribution >= 0.6 is 0 Å². The molecule has 0 aromatic carbocycles. The quantitative estimate of drug-likeness (QED) is 0.813. The van der Waals surface area contributed by atoms with Crippen LogP contribution in [0.2, 0.25) is 0 Å². The van der Waals surface area contributed by atoms with E-state index >= 15 is 0 Å². The number of likely N-dealkylation sites (N-methyl/N-ethyl adjacent to an activating group) is 1. The van der Waals surface area contributed by atoms with Crippen molar-refractivity contribution >= 4 is 0 Å². The summed E-state index contributed by atoms with van der Waals surface area (Å²) in [4.78, 5) is 6.46. The molecule has 0 radical (unpaired) electrons. The number of aromatic nitrogens is 1. The number of nitrogens with zero attached hydrogens (tertiary/aromatic N) is 2. The van der Waals surface area contributed by atoms with Gasteiger partial charge < -0.3 is 10.0 Å². The third-order valence-electron chi connectivity index (χ3n) is 3.29. The molecule has 1 N–H and O–H groups in total. The maximum atomic E-state index is 9.21. The molecule has 0 saturated heterocycles. The molecule has 0 unspecified atom stereocenters. The molecule has 1 aromatic rings. The Morgan fingerprint density at radius 1 is 1.50 bits per heavy atom. The summed E-state index contributed by atoms with van der Waals surface area (Å²) in [6.45, 7) is 2.18.